The summed E-state index contributed by atoms with van der Waals surface area (Å²) in [5.41, 5.74) is -3.11. The molecule has 0 radical (unpaired) electrons. The molecule has 1 unspecified atom stereocenters. The van der Waals surface area contributed by atoms with Gasteiger partial charge in [0, 0.05) is 5.56 Å². The van der Waals surface area contributed by atoms with Crippen molar-refractivity contribution in [2.45, 2.75) is 31.5 Å². The molecule has 0 saturated carbocycles. The fraction of sp³-hybridized carbons (Fsp3) is 0.385. The Balaban J connectivity index is 3.47. The second-order valence-electron chi connectivity index (χ2n) is 4.09. The van der Waals surface area contributed by atoms with Crippen LogP contribution in [0.5, 0.6) is 0 Å². The number of aliphatic hydroxyl groups is 1. The van der Waals surface area contributed by atoms with Gasteiger partial charge >= 0.3 is 6.18 Å². The first-order chi connectivity index (χ1) is 7.74. The van der Waals surface area contributed by atoms with Crippen LogP contribution in [0.2, 0.25) is 0 Å². The third-order valence-electron chi connectivity index (χ3n) is 2.59. The van der Waals surface area contributed by atoms with E-state index in [4.69, 9.17) is 6.42 Å². The number of hydrogen-bond acceptors (Lipinski definition) is 1. The Hall–Kier alpha value is -1.47. The first kappa shape index (κ1) is 13.6. The van der Waals surface area contributed by atoms with Gasteiger partial charge in [-0.2, -0.15) is 13.2 Å². The molecule has 92 valence electrons. The van der Waals surface area contributed by atoms with Crippen molar-refractivity contribution in [2.24, 2.45) is 0 Å². The Morgan fingerprint density at radius 2 is 1.76 bits per heavy atom. The van der Waals surface area contributed by atoms with Gasteiger partial charge in [0.05, 0.1) is 0 Å². The van der Waals surface area contributed by atoms with E-state index in [-0.39, 0.29) is 11.5 Å². The zero-order valence-corrected chi connectivity index (χ0v) is 9.55. The molecule has 0 aliphatic carbocycles. The quantitative estimate of drug-likeness (QED) is 0.790. The van der Waals surface area contributed by atoms with Gasteiger partial charge in [-0.15, -0.1) is 6.42 Å². The molecule has 0 aromatic heterocycles. The average molecular weight is 242 g/mol. The van der Waals surface area contributed by atoms with Gasteiger partial charge in [-0.1, -0.05) is 44.0 Å². The Labute approximate surface area is 98.3 Å². The summed E-state index contributed by atoms with van der Waals surface area (Å²) in [6.07, 6.45) is -0.0219. The Bertz CT molecular complexity index is 443. The van der Waals surface area contributed by atoms with E-state index in [2.05, 4.69) is 0 Å². The molecular weight excluding hydrogens is 229 g/mol. The summed E-state index contributed by atoms with van der Waals surface area (Å²) in [5.74, 6) is 1.30. The fourth-order valence-corrected chi connectivity index (χ4v) is 1.64. The second-order valence-corrected chi connectivity index (χ2v) is 4.09. The van der Waals surface area contributed by atoms with E-state index in [1.54, 1.807) is 19.9 Å². The highest BCUT2D eigenvalue weighted by Crippen LogP contribution is 2.41. The number of halogens is 3. The predicted octanol–water partition coefficient (Wildman–Crippen LogP) is 3.19. The maximum atomic E-state index is 12.8. The number of terminal acetylenes is 1. The predicted molar refractivity (Wildman–Crippen MR) is 59.3 cm³/mol. The molecular formula is C13H13F3O. The van der Waals surface area contributed by atoms with E-state index in [0.29, 0.717) is 5.56 Å². The van der Waals surface area contributed by atoms with E-state index in [1.165, 1.54) is 24.1 Å². The first-order valence-corrected chi connectivity index (χ1v) is 5.10. The molecule has 1 atom stereocenters. The van der Waals surface area contributed by atoms with Crippen molar-refractivity contribution in [3.63, 3.8) is 0 Å². The molecule has 0 fully saturated rings. The summed E-state index contributed by atoms with van der Waals surface area (Å²) in [7, 11) is 0. The van der Waals surface area contributed by atoms with Crippen LogP contribution in [-0.2, 0) is 5.60 Å². The topological polar surface area (TPSA) is 20.2 Å². The SMILES string of the molecule is C#CC(O)(c1ccccc1C(C)C)C(F)(F)F. The van der Waals surface area contributed by atoms with Crippen molar-refractivity contribution >= 4 is 0 Å². The molecule has 0 spiro atoms. The zero-order chi connectivity index (χ0) is 13.3. The molecule has 1 aromatic carbocycles. The first-order valence-electron chi connectivity index (χ1n) is 5.10. The molecule has 4 heteroatoms. The lowest BCUT2D eigenvalue weighted by Crippen LogP contribution is -2.41. The van der Waals surface area contributed by atoms with Crippen molar-refractivity contribution in [1.29, 1.82) is 0 Å². The lowest BCUT2D eigenvalue weighted by molar-refractivity contribution is -0.241. The summed E-state index contributed by atoms with van der Waals surface area (Å²) in [5, 5.41) is 9.70. The summed E-state index contributed by atoms with van der Waals surface area (Å²) in [6.45, 7) is 3.48. The molecule has 0 saturated heterocycles. The third kappa shape index (κ3) is 2.29. The minimum absolute atomic E-state index is 0.159. The van der Waals surface area contributed by atoms with Crippen LogP contribution in [0.1, 0.15) is 30.9 Å². The van der Waals surface area contributed by atoms with Crippen LogP contribution in [0.25, 0.3) is 0 Å². The van der Waals surface area contributed by atoms with Crippen molar-refractivity contribution in [3.8, 4) is 12.3 Å². The molecule has 0 heterocycles. The minimum Gasteiger partial charge on any atom is -0.366 e. The molecule has 1 nitrogen and oxygen atoms in total. The van der Waals surface area contributed by atoms with E-state index >= 15 is 0 Å². The highest BCUT2D eigenvalue weighted by Gasteiger charge is 2.55. The van der Waals surface area contributed by atoms with Crippen molar-refractivity contribution in [3.05, 3.63) is 35.4 Å². The highest BCUT2D eigenvalue weighted by atomic mass is 19.4. The largest absolute Gasteiger partial charge is 0.433 e. The van der Waals surface area contributed by atoms with Gasteiger partial charge in [0.15, 0.2) is 0 Å². The van der Waals surface area contributed by atoms with Gasteiger partial charge in [-0.25, -0.2) is 0 Å². The highest BCUT2D eigenvalue weighted by molar-refractivity contribution is 5.40. The van der Waals surface area contributed by atoms with E-state index in [0.717, 1.165) is 0 Å². The minimum atomic E-state index is -4.90. The van der Waals surface area contributed by atoms with Crippen LogP contribution in [0.3, 0.4) is 0 Å². The van der Waals surface area contributed by atoms with Crippen molar-refractivity contribution < 1.29 is 18.3 Å². The van der Waals surface area contributed by atoms with Gasteiger partial charge in [-0.3, -0.25) is 0 Å². The third-order valence-corrected chi connectivity index (χ3v) is 2.59. The van der Waals surface area contributed by atoms with Crippen molar-refractivity contribution in [2.75, 3.05) is 0 Å². The maximum Gasteiger partial charge on any atom is 0.433 e. The van der Waals surface area contributed by atoms with Crippen LogP contribution >= 0.6 is 0 Å². The smallest absolute Gasteiger partial charge is 0.366 e. The van der Waals surface area contributed by atoms with Crippen LogP contribution in [0.4, 0.5) is 13.2 Å². The Morgan fingerprint density at radius 3 is 2.18 bits per heavy atom. The van der Waals surface area contributed by atoms with Crippen molar-refractivity contribution in [1.82, 2.24) is 0 Å². The van der Waals surface area contributed by atoms with Gasteiger partial charge in [-0.05, 0) is 11.5 Å². The van der Waals surface area contributed by atoms with Gasteiger partial charge in [0.25, 0.3) is 0 Å². The molecule has 1 N–H and O–H groups in total. The zero-order valence-electron chi connectivity index (χ0n) is 9.55. The van der Waals surface area contributed by atoms with E-state index < -0.39 is 11.8 Å². The van der Waals surface area contributed by atoms with Crippen LogP contribution in [0.15, 0.2) is 24.3 Å². The normalized spacial score (nSPS) is 15.4. The fourth-order valence-electron chi connectivity index (χ4n) is 1.64. The van der Waals surface area contributed by atoms with Gasteiger partial charge in [0.1, 0.15) is 0 Å². The number of alkyl halides is 3. The van der Waals surface area contributed by atoms with E-state index in [1.807, 2.05) is 0 Å². The van der Waals surface area contributed by atoms with Crippen LogP contribution in [0, 0.1) is 12.3 Å². The second kappa shape index (κ2) is 4.42. The molecule has 0 aliphatic heterocycles. The molecule has 0 bridgehead atoms. The monoisotopic (exact) mass is 242 g/mol. The lowest BCUT2D eigenvalue weighted by Gasteiger charge is -2.28. The lowest BCUT2D eigenvalue weighted by atomic mass is 9.85. The van der Waals surface area contributed by atoms with E-state index in [9.17, 15) is 18.3 Å². The maximum absolute atomic E-state index is 12.8. The Morgan fingerprint density at radius 1 is 1.24 bits per heavy atom. The molecule has 0 aliphatic rings. The van der Waals surface area contributed by atoms with Crippen LogP contribution < -0.4 is 0 Å². The number of benzene rings is 1. The molecule has 0 amide bonds. The Kier molecular flexibility index (Phi) is 3.53. The number of rotatable bonds is 2. The summed E-state index contributed by atoms with van der Waals surface area (Å²) < 4.78 is 38.5. The van der Waals surface area contributed by atoms with Gasteiger partial charge < -0.3 is 5.11 Å². The van der Waals surface area contributed by atoms with Crippen LogP contribution in [-0.4, -0.2) is 11.3 Å². The standard InChI is InChI=1S/C13H13F3O/c1-4-12(17,13(14,15)16)11-8-6-5-7-10(11)9(2)3/h1,5-9,17H,2-3H3. The molecule has 17 heavy (non-hydrogen) atoms. The summed E-state index contributed by atoms with van der Waals surface area (Å²) in [6, 6.07) is 5.79. The summed E-state index contributed by atoms with van der Waals surface area (Å²) in [4.78, 5) is 0. The van der Waals surface area contributed by atoms with Gasteiger partial charge in [0.2, 0.25) is 5.60 Å². The average Bonchev–Trinajstić information content (AvgIpc) is 2.26. The molecule has 1 rings (SSSR count). The summed E-state index contributed by atoms with van der Waals surface area (Å²) >= 11 is 0. The molecule has 1 aromatic rings. The number of hydrogen-bond donors (Lipinski definition) is 1.